The maximum Gasteiger partial charge on any atom is 0.280 e. The number of halogens is 2. The Morgan fingerprint density at radius 1 is 1.15 bits per heavy atom. The topological polar surface area (TPSA) is 112 Å². The highest BCUT2D eigenvalue weighted by molar-refractivity contribution is 7.15. The number of amides is 1. The van der Waals surface area contributed by atoms with E-state index in [1.165, 1.54) is 53.6 Å². The van der Waals surface area contributed by atoms with Crippen LogP contribution in [-0.2, 0) is 0 Å². The van der Waals surface area contributed by atoms with Gasteiger partial charge in [0.25, 0.3) is 17.9 Å². The van der Waals surface area contributed by atoms with Gasteiger partial charge >= 0.3 is 0 Å². The molecule has 4 heterocycles. The highest BCUT2D eigenvalue weighted by Crippen LogP contribution is 2.51. The lowest BCUT2D eigenvalue weighted by molar-refractivity contribution is 0.102. The molecule has 0 radical (unpaired) electrons. The lowest BCUT2D eigenvalue weighted by Crippen LogP contribution is -2.29. The van der Waals surface area contributed by atoms with Crippen LogP contribution >= 0.6 is 11.3 Å². The molecule has 1 N–H and O–H groups in total. The van der Waals surface area contributed by atoms with Gasteiger partial charge in [0.1, 0.15) is 22.3 Å². The fourth-order valence-electron chi connectivity index (χ4n) is 4.76. The molecule has 4 aromatic heterocycles. The van der Waals surface area contributed by atoms with E-state index in [9.17, 15) is 18.4 Å². The van der Waals surface area contributed by atoms with Crippen molar-refractivity contribution < 1.29 is 18.3 Å². The summed E-state index contributed by atoms with van der Waals surface area (Å²) in [5, 5.41) is 12.3. The van der Waals surface area contributed by atoms with E-state index < -0.39 is 18.0 Å². The van der Waals surface area contributed by atoms with Crippen LogP contribution in [0.25, 0.3) is 16.9 Å². The number of alkyl halides is 2. The molecule has 5 rings (SSSR count). The van der Waals surface area contributed by atoms with Gasteiger partial charge in [-0.2, -0.15) is 0 Å². The zero-order chi connectivity index (χ0) is 27.9. The third-order valence-electron chi connectivity index (χ3n) is 6.69. The third kappa shape index (κ3) is 5.42. The van der Waals surface area contributed by atoms with E-state index in [1.807, 2.05) is 0 Å². The van der Waals surface area contributed by atoms with Crippen molar-refractivity contribution in [3.8, 4) is 22.7 Å². The van der Waals surface area contributed by atoms with Gasteiger partial charge in [-0.15, -0.1) is 10.2 Å². The quantitative estimate of drug-likeness (QED) is 0.320. The fourth-order valence-corrected chi connectivity index (χ4v) is 5.60. The third-order valence-corrected chi connectivity index (χ3v) is 7.69. The smallest absolute Gasteiger partial charge is 0.280 e. The molecule has 1 fully saturated rings. The van der Waals surface area contributed by atoms with Crippen LogP contribution in [0.15, 0.2) is 47.7 Å². The number of pyridine rings is 3. The van der Waals surface area contributed by atoms with E-state index in [2.05, 4.69) is 39.3 Å². The zero-order valence-corrected chi connectivity index (χ0v) is 22.6. The van der Waals surface area contributed by atoms with Gasteiger partial charge in [-0.25, -0.2) is 13.8 Å². The van der Waals surface area contributed by atoms with Crippen LogP contribution in [0.4, 0.5) is 13.9 Å². The molecular weight excluding hydrogens is 526 g/mol. The van der Waals surface area contributed by atoms with E-state index >= 15 is 0 Å². The van der Waals surface area contributed by atoms with Gasteiger partial charge in [0.05, 0.1) is 18.9 Å². The summed E-state index contributed by atoms with van der Waals surface area (Å²) in [6.07, 6.45) is 3.18. The molecule has 4 aromatic rings. The number of carbonyl (C=O) groups excluding carboxylic acids is 1. The number of nitrogens with one attached hydrogen (secondary N) is 1. The molecule has 1 aliphatic rings. The van der Waals surface area contributed by atoms with E-state index in [-0.39, 0.29) is 39.2 Å². The highest BCUT2D eigenvalue weighted by Gasteiger charge is 2.39. The Bertz CT molecular complexity index is 1610. The highest BCUT2D eigenvalue weighted by atomic mass is 32.1. The number of hydrogen-bond donors (Lipinski definition) is 1. The molecular formula is C27H26F2N6O3S. The van der Waals surface area contributed by atoms with Crippen molar-refractivity contribution in [2.75, 3.05) is 12.4 Å². The largest absolute Gasteiger partial charge is 0.494 e. The first-order valence-corrected chi connectivity index (χ1v) is 13.0. The fraction of sp³-hybridized carbons (Fsp3) is 0.333. The molecule has 202 valence electrons. The summed E-state index contributed by atoms with van der Waals surface area (Å²) >= 11 is 1.31. The maximum atomic E-state index is 13.6. The number of carbonyl (C=O) groups is 1. The number of aryl methyl sites for hydroxylation is 1. The maximum absolute atomic E-state index is 13.6. The summed E-state index contributed by atoms with van der Waals surface area (Å²) in [4.78, 5) is 34.2. The first kappa shape index (κ1) is 26.5. The number of aromatic nitrogens is 5. The number of methoxy groups -OCH3 is 1. The van der Waals surface area contributed by atoms with Crippen molar-refractivity contribution >= 4 is 22.4 Å². The molecule has 9 nitrogen and oxygen atoms in total. The monoisotopic (exact) mass is 552 g/mol. The summed E-state index contributed by atoms with van der Waals surface area (Å²) in [6.45, 7) is 6.18. The van der Waals surface area contributed by atoms with Crippen molar-refractivity contribution in [3.05, 3.63) is 75.0 Å². The first-order chi connectivity index (χ1) is 18.5. The summed E-state index contributed by atoms with van der Waals surface area (Å²) in [5.41, 5.74) is 0.726. The van der Waals surface area contributed by atoms with E-state index in [0.29, 0.717) is 11.0 Å². The van der Waals surface area contributed by atoms with Crippen LogP contribution in [0.3, 0.4) is 0 Å². The van der Waals surface area contributed by atoms with Crippen molar-refractivity contribution in [1.29, 1.82) is 0 Å². The predicted octanol–water partition coefficient (Wildman–Crippen LogP) is 5.56. The summed E-state index contributed by atoms with van der Waals surface area (Å²) < 4.78 is 33.8. The van der Waals surface area contributed by atoms with Gasteiger partial charge in [-0.3, -0.25) is 24.5 Å². The molecule has 0 aromatic carbocycles. The molecule has 1 amide bonds. The number of hydrogen-bond acceptors (Lipinski definition) is 8. The Morgan fingerprint density at radius 3 is 2.59 bits per heavy atom. The predicted molar refractivity (Wildman–Crippen MR) is 143 cm³/mol. The number of ether oxygens (including phenoxy) is 1. The second kappa shape index (κ2) is 10.3. The molecule has 1 saturated carbocycles. The number of rotatable bonds is 7. The van der Waals surface area contributed by atoms with Crippen LogP contribution in [0.5, 0.6) is 5.75 Å². The summed E-state index contributed by atoms with van der Waals surface area (Å²) in [6, 6.07) is 5.83. The Kier molecular flexibility index (Phi) is 6.98. The van der Waals surface area contributed by atoms with E-state index in [0.717, 1.165) is 23.4 Å². The van der Waals surface area contributed by atoms with Gasteiger partial charge in [0.2, 0.25) is 5.13 Å². The SMILES string of the molecule is COc1cnc(C(F)F)cc1-c1cc(-n2ccc(C)cc2=O)ncc1C(=O)Nc1nnc(C2CC(C)(C)C2)s1. The molecule has 1 aliphatic carbocycles. The lowest BCUT2D eigenvalue weighted by Gasteiger charge is -2.41. The van der Waals surface area contributed by atoms with Crippen LogP contribution < -0.4 is 15.6 Å². The van der Waals surface area contributed by atoms with Crippen LogP contribution in [-0.4, -0.2) is 37.7 Å². The Labute approximate surface area is 226 Å². The van der Waals surface area contributed by atoms with Crippen molar-refractivity contribution in [2.45, 2.75) is 46.0 Å². The standard InChI is InChI=1S/C27H26F2N6O3S/c1-14-5-6-35(22(36)7-14)21-9-16(17-8-19(23(28)29)30-13-20(17)38-4)18(12-31-21)24(37)32-26-34-33-25(39-26)15-10-27(2,3)11-15/h5-9,12-13,15,23H,10-11H2,1-4H3,(H,32,34,37). The first-order valence-electron chi connectivity index (χ1n) is 12.2. The van der Waals surface area contributed by atoms with Gasteiger partial charge in [-0.1, -0.05) is 25.2 Å². The molecule has 0 bridgehead atoms. The second-order valence-corrected chi connectivity index (χ2v) is 11.3. The molecule has 0 spiro atoms. The molecule has 39 heavy (non-hydrogen) atoms. The van der Waals surface area contributed by atoms with Crippen LogP contribution in [0.1, 0.15) is 65.7 Å². The van der Waals surface area contributed by atoms with Crippen molar-refractivity contribution in [3.63, 3.8) is 0 Å². The summed E-state index contributed by atoms with van der Waals surface area (Å²) in [5.74, 6) is 0.123. The molecule has 0 atom stereocenters. The normalized spacial score (nSPS) is 14.7. The molecule has 0 saturated heterocycles. The van der Waals surface area contributed by atoms with Crippen LogP contribution in [0.2, 0.25) is 0 Å². The van der Waals surface area contributed by atoms with Crippen LogP contribution in [0, 0.1) is 12.3 Å². The average Bonchev–Trinajstić information content (AvgIpc) is 3.34. The average molecular weight is 553 g/mol. The van der Waals surface area contributed by atoms with E-state index in [1.54, 1.807) is 19.2 Å². The zero-order valence-electron chi connectivity index (χ0n) is 21.7. The number of anilines is 1. The molecule has 12 heteroatoms. The Morgan fingerprint density at radius 2 is 1.92 bits per heavy atom. The van der Waals surface area contributed by atoms with Gasteiger partial charge in [-0.05, 0) is 48.9 Å². The Balaban J connectivity index is 1.56. The minimum atomic E-state index is -2.84. The minimum absolute atomic E-state index is 0.0742. The van der Waals surface area contributed by atoms with Gasteiger partial charge in [0.15, 0.2) is 0 Å². The van der Waals surface area contributed by atoms with E-state index in [4.69, 9.17) is 4.74 Å². The van der Waals surface area contributed by atoms with Crippen molar-refractivity contribution in [1.82, 2.24) is 24.7 Å². The second-order valence-electron chi connectivity index (χ2n) is 10.3. The van der Waals surface area contributed by atoms with Gasteiger partial charge < -0.3 is 4.74 Å². The lowest BCUT2D eigenvalue weighted by atomic mass is 9.65. The molecule has 0 unspecified atom stereocenters. The minimum Gasteiger partial charge on any atom is -0.494 e. The van der Waals surface area contributed by atoms with Gasteiger partial charge in [0, 0.05) is 35.5 Å². The molecule has 0 aliphatic heterocycles. The Hall–Kier alpha value is -4.06. The summed E-state index contributed by atoms with van der Waals surface area (Å²) in [7, 11) is 1.37. The van der Waals surface area contributed by atoms with Crippen molar-refractivity contribution in [2.24, 2.45) is 5.41 Å². The number of nitrogens with zero attached hydrogens (tertiary/aromatic N) is 5.